The SMILES string of the molecule is Cc1csc2cccc(OCC3CNC3)c12. The first-order valence-electron chi connectivity index (χ1n) is 5.65. The van der Waals surface area contributed by atoms with Crippen LogP contribution >= 0.6 is 11.3 Å². The topological polar surface area (TPSA) is 21.3 Å². The number of hydrogen-bond acceptors (Lipinski definition) is 3. The standard InChI is InChI=1S/C13H15NOS/c1-9-8-16-12-4-2-3-11(13(9)12)15-7-10-5-14-6-10/h2-4,8,10,14H,5-7H2,1H3. The maximum absolute atomic E-state index is 5.93. The first-order valence-corrected chi connectivity index (χ1v) is 6.53. The quantitative estimate of drug-likeness (QED) is 0.880. The zero-order valence-electron chi connectivity index (χ0n) is 9.32. The van der Waals surface area contributed by atoms with Gasteiger partial charge < -0.3 is 10.1 Å². The Labute approximate surface area is 99.2 Å². The Kier molecular flexibility index (Phi) is 2.58. The molecule has 1 saturated heterocycles. The molecule has 0 atom stereocenters. The van der Waals surface area contributed by atoms with Crippen molar-refractivity contribution < 1.29 is 4.74 Å². The van der Waals surface area contributed by atoms with Gasteiger partial charge in [0.1, 0.15) is 5.75 Å². The van der Waals surface area contributed by atoms with Crippen LogP contribution in [0.4, 0.5) is 0 Å². The average molecular weight is 233 g/mol. The lowest BCUT2D eigenvalue weighted by molar-refractivity contribution is 0.201. The molecule has 0 amide bonds. The third-order valence-corrected chi connectivity index (χ3v) is 4.15. The van der Waals surface area contributed by atoms with Gasteiger partial charge in [-0.3, -0.25) is 0 Å². The third-order valence-electron chi connectivity index (χ3n) is 3.09. The molecule has 1 aliphatic rings. The van der Waals surface area contributed by atoms with Gasteiger partial charge in [-0.15, -0.1) is 11.3 Å². The van der Waals surface area contributed by atoms with Crippen molar-refractivity contribution >= 4 is 21.4 Å². The highest BCUT2D eigenvalue weighted by molar-refractivity contribution is 7.17. The molecule has 2 heterocycles. The third kappa shape index (κ3) is 1.70. The number of rotatable bonds is 3. The maximum Gasteiger partial charge on any atom is 0.128 e. The number of benzene rings is 1. The van der Waals surface area contributed by atoms with Gasteiger partial charge in [-0.2, -0.15) is 0 Å². The lowest BCUT2D eigenvalue weighted by Crippen LogP contribution is -2.45. The summed E-state index contributed by atoms with van der Waals surface area (Å²) in [6.45, 7) is 5.18. The van der Waals surface area contributed by atoms with E-state index in [-0.39, 0.29) is 0 Å². The summed E-state index contributed by atoms with van der Waals surface area (Å²) in [6, 6.07) is 6.31. The highest BCUT2D eigenvalue weighted by Crippen LogP contribution is 2.33. The summed E-state index contributed by atoms with van der Waals surface area (Å²) >= 11 is 1.79. The van der Waals surface area contributed by atoms with E-state index >= 15 is 0 Å². The van der Waals surface area contributed by atoms with E-state index < -0.39 is 0 Å². The molecule has 16 heavy (non-hydrogen) atoms. The Morgan fingerprint density at radius 1 is 1.44 bits per heavy atom. The molecule has 2 nitrogen and oxygen atoms in total. The minimum absolute atomic E-state index is 0.689. The lowest BCUT2D eigenvalue weighted by Gasteiger charge is -2.27. The Morgan fingerprint density at radius 2 is 2.31 bits per heavy atom. The van der Waals surface area contributed by atoms with Crippen molar-refractivity contribution in [3.8, 4) is 5.75 Å². The van der Waals surface area contributed by atoms with Gasteiger partial charge in [0.15, 0.2) is 0 Å². The molecule has 2 aromatic rings. The summed E-state index contributed by atoms with van der Waals surface area (Å²) in [5.74, 6) is 1.73. The molecule has 1 aliphatic heterocycles. The fourth-order valence-electron chi connectivity index (χ4n) is 2.00. The van der Waals surface area contributed by atoms with Crippen LogP contribution in [0.15, 0.2) is 23.6 Å². The van der Waals surface area contributed by atoms with Gasteiger partial charge in [-0.1, -0.05) is 6.07 Å². The van der Waals surface area contributed by atoms with Crippen molar-refractivity contribution in [2.45, 2.75) is 6.92 Å². The van der Waals surface area contributed by atoms with Gasteiger partial charge in [-0.25, -0.2) is 0 Å². The number of ether oxygens (including phenoxy) is 1. The van der Waals surface area contributed by atoms with Crippen LogP contribution in [0.2, 0.25) is 0 Å². The molecule has 1 N–H and O–H groups in total. The summed E-state index contributed by atoms with van der Waals surface area (Å²) < 4.78 is 7.25. The summed E-state index contributed by atoms with van der Waals surface area (Å²) in [4.78, 5) is 0. The Hall–Kier alpha value is -1.06. The predicted molar refractivity (Wildman–Crippen MR) is 68.4 cm³/mol. The lowest BCUT2D eigenvalue weighted by atomic mass is 10.1. The van der Waals surface area contributed by atoms with Gasteiger partial charge in [0.2, 0.25) is 0 Å². The monoisotopic (exact) mass is 233 g/mol. The van der Waals surface area contributed by atoms with Crippen LogP contribution in [0.3, 0.4) is 0 Å². The van der Waals surface area contributed by atoms with Crippen molar-refractivity contribution in [3.63, 3.8) is 0 Å². The van der Waals surface area contributed by atoms with E-state index in [1.807, 2.05) is 0 Å². The van der Waals surface area contributed by atoms with E-state index in [4.69, 9.17) is 4.74 Å². The number of hydrogen-bond donors (Lipinski definition) is 1. The highest BCUT2D eigenvalue weighted by Gasteiger charge is 2.17. The van der Waals surface area contributed by atoms with Gasteiger partial charge in [0.25, 0.3) is 0 Å². The van der Waals surface area contributed by atoms with Gasteiger partial charge in [0, 0.05) is 29.1 Å². The van der Waals surface area contributed by atoms with Crippen LogP contribution < -0.4 is 10.1 Å². The first-order chi connectivity index (χ1) is 7.84. The van der Waals surface area contributed by atoms with E-state index in [2.05, 4.69) is 35.8 Å². The Morgan fingerprint density at radius 3 is 3.06 bits per heavy atom. The molecule has 3 rings (SSSR count). The van der Waals surface area contributed by atoms with Crippen LogP contribution in [-0.4, -0.2) is 19.7 Å². The summed E-state index contributed by atoms with van der Waals surface area (Å²) in [7, 11) is 0. The molecule has 0 saturated carbocycles. The molecule has 0 radical (unpaired) electrons. The van der Waals surface area contributed by atoms with Crippen molar-refractivity contribution in [2.24, 2.45) is 5.92 Å². The molecule has 0 bridgehead atoms. The number of thiophene rings is 1. The van der Waals surface area contributed by atoms with Crippen LogP contribution in [0.1, 0.15) is 5.56 Å². The van der Waals surface area contributed by atoms with E-state index in [0.717, 1.165) is 25.4 Å². The zero-order chi connectivity index (χ0) is 11.0. The van der Waals surface area contributed by atoms with E-state index in [0.29, 0.717) is 5.92 Å². The summed E-state index contributed by atoms with van der Waals surface area (Å²) in [6.07, 6.45) is 0. The van der Waals surface area contributed by atoms with E-state index in [1.54, 1.807) is 11.3 Å². The van der Waals surface area contributed by atoms with Gasteiger partial charge in [-0.05, 0) is 30.0 Å². The zero-order valence-corrected chi connectivity index (χ0v) is 10.1. The fourth-order valence-corrected chi connectivity index (χ4v) is 2.96. The van der Waals surface area contributed by atoms with E-state index in [1.165, 1.54) is 15.6 Å². The molecule has 0 unspecified atom stereocenters. The fraction of sp³-hybridized carbons (Fsp3) is 0.385. The smallest absolute Gasteiger partial charge is 0.128 e. The van der Waals surface area contributed by atoms with Gasteiger partial charge >= 0.3 is 0 Å². The summed E-state index contributed by atoms with van der Waals surface area (Å²) in [5, 5.41) is 6.75. The van der Waals surface area contributed by atoms with Crippen molar-refractivity contribution in [1.29, 1.82) is 0 Å². The van der Waals surface area contributed by atoms with Crippen LogP contribution in [-0.2, 0) is 0 Å². The Balaban J connectivity index is 1.86. The van der Waals surface area contributed by atoms with Crippen molar-refractivity contribution in [1.82, 2.24) is 5.32 Å². The number of nitrogens with one attached hydrogen (secondary N) is 1. The first kappa shape index (κ1) is 10.1. The molecule has 1 aromatic carbocycles. The number of fused-ring (bicyclic) bond motifs is 1. The van der Waals surface area contributed by atoms with Crippen LogP contribution in [0.5, 0.6) is 5.75 Å². The van der Waals surface area contributed by atoms with Gasteiger partial charge in [0.05, 0.1) is 6.61 Å². The second kappa shape index (κ2) is 4.07. The largest absolute Gasteiger partial charge is 0.493 e. The second-order valence-electron chi connectivity index (χ2n) is 4.38. The molecule has 3 heteroatoms. The highest BCUT2D eigenvalue weighted by atomic mass is 32.1. The molecule has 0 aliphatic carbocycles. The minimum Gasteiger partial charge on any atom is -0.493 e. The summed E-state index contributed by atoms with van der Waals surface area (Å²) in [5.41, 5.74) is 1.32. The van der Waals surface area contributed by atoms with Crippen molar-refractivity contribution in [3.05, 3.63) is 29.1 Å². The number of aryl methyl sites for hydroxylation is 1. The molecule has 0 spiro atoms. The van der Waals surface area contributed by atoms with Crippen molar-refractivity contribution in [2.75, 3.05) is 19.7 Å². The molecular formula is C13H15NOS. The molecular weight excluding hydrogens is 218 g/mol. The molecule has 1 aromatic heterocycles. The second-order valence-corrected chi connectivity index (χ2v) is 5.29. The van der Waals surface area contributed by atoms with Crippen LogP contribution in [0, 0.1) is 12.8 Å². The molecule has 1 fully saturated rings. The van der Waals surface area contributed by atoms with Crippen LogP contribution in [0.25, 0.3) is 10.1 Å². The molecule has 84 valence electrons. The normalized spacial score (nSPS) is 16.3. The average Bonchev–Trinajstić information content (AvgIpc) is 2.59. The predicted octanol–water partition coefficient (Wildman–Crippen LogP) is 2.81. The van der Waals surface area contributed by atoms with E-state index in [9.17, 15) is 0 Å². The minimum atomic E-state index is 0.689. The maximum atomic E-state index is 5.93. The Bertz CT molecular complexity index is 502.